The minimum absolute atomic E-state index is 0.190. The van der Waals surface area contributed by atoms with Gasteiger partial charge in [0.15, 0.2) is 0 Å². The first-order valence-electron chi connectivity index (χ1n) is 14.8. The van der Waals surface area contributed by atoms with Crippen molar-refractivity contribution in [2.24, 2.45) is 5.92 Å². The highest BCUT2D eigenvalue weighted by Crippen LogP contribution is 2.46. The Kier molecular flexibility index (Phi) is 10.1. The number of hydrogen-bond donors (Lipinski definition) is 0. The molecule has 40 heavy (non-hydrogen) atoms. The second-order valence-electron chi connectivity index (χ2n) is 12.1. The maximum Gasteiger partial charge on any atom is 0.410 e. The van der Waals surface area contributed by atoms with E-state index in [4.69, 9.17) is 14.2 Å². The summed E-state index contributed by atoms with van der Waals surface area (Å²) in [5.74, 6) is 1.42. The number of ether oxygens (including phenoxy) is 3. The standard InChI is InChI=1S/C33H46N2O5/c1-6-39-31(36)27-11-9-24(10-12-27)8-7-19-34-20-17-25(18-21-34)23-35(32(37)40-33(2,3)4)30-22-29(30)26-13-15-28(38-5)16-14-26/h9-16,25,29-30H,6-8,17-23H2,1-5H3. The summed E-state index contributed by atoms with van der Waals surface area (Å²) >= 11 is 0. The van der Waals surface area contributed by atoms with Gasteiger partial charge in [0.05, 0.1) is 19.3 Å². The van der Waals surface area contributed by atoms with Gasteiger partial charge in [-0.25, -0.2) is 9.59 Å². The molecule has 0 spiro atoms. The molecule has 2 aromatic rings. The number of nitrogens with zero attached hydrogens (tertiary/aromatic N) is 2. The van der Waals surface area contributed by atoms with Crippen LogP contribution in [0.4, 0.5) is 4.79 Å². The molecule has 4 rings (SSSR count). The first-order chi connectivity index (χ1) is 19.2. The summed E-state index contributed by atoms with van der Waals surface area (Å²) in [5, 5.41) is 0. The largest absolute Gasteiger partial charge is 0.497 e. The molecule has 0 radical (unpaired) electrons. The molecule has 2 fully saturated rings. The molecule has 2 aromatic carbocycles. The minimum atomic E-state index is -0.512. The van der Waals surface area contributed by atoms with Crippen LogP contribution in [-0.4, -0.2) is 73.4 Å². The molecule has 0 aromatic heterocycles. The van der Waals surface area contributed by atoms with Gasteiger partial charge in [0.1, 0.15) is 11.4 Å². The van der Waals surface area contributed by atoms with Gasteiger partial charge >= 0.3 is 12.1 Å². The number of benzene rings is 2. The van der Waals surface area contributed by atoms with Crippen LogP contribution in [0.5, 0.6) is 5.75 Å². The molecule has 7 heteroatoms. The molecule has 218 valence electrons. The lowest BCUT2D eigenvalue weighted by Crippen LogP contribution is -2.44. The van der Waals surface area contributed by atoms with Crippen molar-refractivity contribution < 1.29 is 23.8 Å². The Morgan fingerprint density at radius 2 is 1.68 bits per heavy atom. The van der Waals surface area contributed by atoms with Crippen LogP contribution in [0.15, 0.2) is 48.5 Å². The van der Waals surface area contributed by atoms with E-state index in [2.05, 4.69) is 17.0 Å². The molecule has 2 unspecified atom stereocenters. The summed E-state index contributed by atoms with van der Waals surface area (Å²) in [4.78, 5) is 29.7. The van der Waals surface area contributed by atoms with Crippen LogP contribution < -0.4 is 4.74 Å². The Morgan fingerprint density at radius 1 is 1.00 bits per heavy atom. The maximum atomic E-state index is 13.3. The average molecular weight is 551 g/mol. The van der Waals surface area contributed by atoms with E-state index in [-0.39, 0.29) is 18.1 Å². The van der Waals surface area contributed by atoms with Crippen molar-refractivity contribution in [2.45, 2.75) is 77.4 Å². The number of esters is 1. The fraction of sp³-hybridized carbons (Fsp3) is 0.576. The number of aryl methyl sites for hydroxylation is 1. The molecular weight excluding hydrogens is 504 g/mol. The van der Waals surface area contributed by atoms with E-state index in [1.54, 1.807) is 7.11 Å². The van der Waals surface area contributed by atoms with E-state index in [0.29, 0.717) is 24.0 Å². The third-order valence-corrected chi connectivity index (χ3v) is 7.90. The smallest absolute Gasteiger partial charge is 0.410 e. The molecule has 7 nitrogen and oxygen atoms in total. The lowest BCUT2D eigenvalue weighted by Gasteiger charge is -2.36. The van der Waals surface area contributed by atoms with E-state index in [1.165, 1.54) is 11.1 Å². The van der Waals surface area contributed by atoms with E-state index in [9.17, 15) is 9.59 Å². The van der Waals surface area contributed by atoms with Crippen molar-refractivity contribution in [1.82, 2.24) is 9.80 Å². The van der Waals surface area contributed by atoms with Crippen LogP contribution in [0.3, 0.4) is 0 Å². The Morgan fingerprint density at radius 3 is 2.27 bits per heavy atom. The Balaban J connectivity index is 1.25. The van der Waals surface area contributed by atoms with Crippen molar-refractivity contribution in [1.29, 1.82) is 0 Å². The molecule has 1 aliphatic carbocycles. The first kappa shape index (κ1) is 29.9. The highest BCUT2D eigenvalue weighted by atomic mass is 16.6. The molecule has 1 saturated heterocycles. The average Bonchev–Trinajstić information content (AvgIpc) is 3.73. The quantitative estimate of drug-likeness (QED) is 0.306. The number of likely N-dealkylation sites (tertiary alicyclic amines) is 1. The van der Waals surface area contributed by atoms with Gasteiger partial charge in [-0.3, -0.25) is 0 Å². The van der Waals surface area contributed by atoms with Crippen LogP contribution in [0.1, 0.15) is 80.8 Å². The molecular formula is C33H46N2O5. The van der Waals surface area contributed by atoms with Gasteiger partial charge in [0.25, 0.3) is 0 Å². The number of hydrogen-bond acceptors (Lipinski definition) is 6. The number of carbonyl (C=O) groups is 2. The first-order valence-corrected chi connectivity index (χ1v) is 14.8. The predicted octanol–water partition coefficient (Wildman–Crippen LogP) is 6.31. The second kappa shape index (κ2) is 13.5. The summed E-state index contributed by atoms with van der Waals surface area (Å²) in [5.41, 5.74) is 2.59. The van der Waals surface area contributed by atoms with Crippen molar-refractivity contribution in [2.75, 3.05) is 39.9 Å². The van der Waals surface area contributed by atoms with Crippen LogP contribution >= 0.6 is 0 Å². The van der Waals surface area contributed by atoms with Gasteiger partial charge in [0.2, 0.25) is 0 Å². The predicted molar refractivity (Wildman–Crippen MR) is 157 cm³/mol. The summed E-state index contributed by atoms with van der Waals surface area (Å²) in [7, 11) is 1.68. The van der Waals surface area contributed by atoms with Gasteiger partial charge in [-0.1, -0.05) is 24.3 Å². The summed E-state index contributed by atoms with van der Waals surface area (Å²) in [6.45, 7) is 11.9. The zero-order chi connectivity index (χ0) is 28.7. The number of piperidine rings is 1. The zero-order valence-electron chi connectivity index (χ0n) is 24.9. The lowest BCUT2D eigenvalue weighted by molar-refractivity contribution is 0.0171. The Labute approximate surface area is 239 Å². The van der Waals surface area contributed by atoms with Crippen LogP contribution in [0, 0.1) is 5.92 Å². The Hall–Kier alpha value is -3.06. The van der Waals surface area contributed by atoms with Crippen LogP contribution in [0.25, 0.3) is 0 Å². The molecule has 1 amide bonds. The number of rotatable bonds is 11. The molecule has 0 bridgehead atoms. The fourth-order valence-corrected chi connectivity index (χ4v) is 5.60. The van der Waals surface area contributed by atoms with Crippen molar-refractivity contribution in [3.63, 3.8) is 0 Å². The number of amides is 1. The van der Waals surface area contributed by atoms with E-state index in [0.717, 1.165) is 64.0 Å². The number of carbonyl (C=O) groups excluding carboxylic acids is 2. The minimum Gasteiger partial charge on any atom is -0.497 e. The van der Waals surface area contributed by atoms with Crippen molar-refractivity contribution in [3.8, 4) is 5.75 Å². The maximum absolute atomic E-state index is 13.3. The summed E-state index contributed by atoms with van der Waals surface area (Å²) in [6, 6.07) is 16.2. The monoisotopic (exact) mass is 550 g/mol. The normalized spacial score (nSPS) is 19.6. The van der Waals surface area contributed by atoms with Crippen molar-refractivity contribution >= 4 is 12.1 Å². The topological polar surface area (TPSA) is 68.3 Å². The molecule has 1 saturated carbocycles. The van der Waals surface area contributed by atoms with Crippen LogP contribution in [-0.2, 0) is 15.9 Å². The van der Waals surface area contributed by atoms with E-state index in [1.807, 2.05) is 69.0 Å². The third-order valence-electron chi connectivity index (χ3n) is 7.90. The molecule has 2 aliphatic rings. The lowest BCUT2D eigenvalue weighted by atomic mass is 9.95. The molecule has 1 aliphatic heterocycles. The van der Waals surface area contributed by atoms with E-state index >= 15 is 0 Å². The van der Waals surface area contributed by atoms with Crippen molar-refractivity contribution in [3.05, 3.63) is 65.2 Å². The molecule has 2 atom stereocenters. The van der Waals surface area contributed by atoms with Crippen LogP contribution in [0.2, 0.25) is 0 Å². The summed E-state index contributed by atoms with van der Waals surface area (Å²) in [6.07, 6.45) is 5.04. The van der Waals surface area contributed by atoms with Gasteiger partial charge in [-0.05, 0) is 121 Å². The SMILES string of the molecule is CCOC(=O)c1ccc(CCCN2CCC(CN(C(=O)OC(C)(C)C)C3CC3c3ccc(OC)cc3)CC2)cc1. The fourth-order valence-electron chi connectivity index (χ4n) is 5.60. The number of methoxy groups -OCH3 is 1. The Bertz CT molecular complexity index is 1100. The highest BCUT2D eigenvalue weighted by molar-refractivity contribution is 5.89. The molecule has 0 N–H and O–H groups in total. The summed E-state index contributed by atoms with van der Waals surface area (Å²) < 4.78 is 16.2. The van der Waals surface area contributed by atoms with Gasteiger partial charge < -0.3 is 24.0 Å². The highest BCUT2D eigenvalue weighted by Gasteiger charge is 2.46. The molecule has 1 heterocycles. The van der Waals surface area contributed by atoms with Gasteiger partial charge in [-0.2, -0.15) is 0 Å². The van der Waals surface area contributed by atoms with Gasteiger partial charge in [0, 0.05) is 18.5 Å². The van der Waals surface area contributed by atoms with Gasteiger partial charge in [-0.15, -0.1) is 0 Å². The second-order valence-corrected chi connectivity index (χ2v) is 12.1. The zero-order valence-corrected chi connectivity index (χ0v) is 24.9. The third kappa shape index (κ3) is 8.47. The van der Waals surface area contributed by atoms with E-state index < -0.39 is 5.60 Å².